The summed E-state index contributed by atoms with van der Waals surface area (Å²) in [5.74, 6) is 2.02. The molecule has 3 rings (SSSR count). The van der Waals surface area contributed by atoms with Gasteiger partial charge in [0.25, 0.3) is 0 Å². The van der Waals surface area contributed by atoms with E-state index in [9.17, 15) is 18.0 Å². The van der Waals surface area contributed by atoms with E-state index >= 15 is 0 Å². The number of halogens is 3. The zero-order chi connectivity index (χ0) is 25.3. The van der Waals surface area contributed by atoms with Crippen LogP contribution in [0.15, 0.2) is 59.0 Å². The molecule has 8 heteroatoms. The van der Waals surface area contributed by atoms with Gasteiger partial charge in [0.1, 0.15) is 17.3 Å². The third-order valence-electron chi connectivity index (χ3n) is 5.40. The third kappa shape index (κ3) is 8.38. The molecule has 1 N–H and O–H groups in total. The number of hydrogen-bond acceptors (Lipinski definition) is 4. The Morgan fingerprint density at radius 1 is 1.06 bits per heavy atom. The van der Waals surface area contributed by atoms with Gasteiger partial charge in [0.15, 0.2) is 0 Å². The number of thioether (sulfide) groups is 1. The molecule has 1 aromatic heterocycles. The lowest BCUT2D eigenvalue weighted by Crippen LogP contribution is -2.03. The minimum absolute atomic E-state index is 0.0601. The number of unbranched alkanes of at least 4 members (excludes halogenated alkanes) is 1. The highest BCUT2D eigenvalue weighted by Gasteiger charge is 2.30. The van der Waals surface area contributed by atoms with Crippen LogP contribution >= 0.6 is 11.8 Å². The monoisotopic (exact) mass is 506 g/mol. The molecule has 188 valence electrons. The Morgan fingerprint density at radius 3 is 2.51 bits per heavy atom. The number of aryl methyl sites for hydroxylation is 2. The Balaban J connectivity index is 1.59. The molecule has 2 aromatic carbocycles. The van der Waals surface area contributed by atoms with E-state index in [2.05, 4.69) is 6.92 Å². The minimum Gasteiger partial charge on any atom is -0.494 e. The van der Waals surface area contributed by atoms with Crippen molar-refractivity contribution in [1.82, 2.24) is 0 Å². The maximum atomic E-state index is 12.9. The highest BCUT2D eigenvalue weighted by atomic mass is 32.2. The van der Waals surface area contributed by atoms with Gasteiger partial charge in [-0.1, -0.05) is 37.6 Å². The van der Waals surface area contributed by atoms with E-state index in [4.69, 9.17) is 14.3 Å². The maximum Gasteiger partial charge on any atom is 0.416 e. The smallest absolute Gasteiger partial charge is 0.416 e. The average Bonchev–Trinajstić information content (AvgIpc) is 3.23. The molecule has 0 radical (unpaired) electrons. The summed E-state index contributed by atoms with van der Waals surface area (Å²) in [6.07, 6.45) is -0.115. The zero-order valence-corrected chi connectivity index (χ0v) is 20.4. The summed E-state index contributed by atoms with van der Waals surface area (Å²) in [5.41, 5.74) is 2.00. The Morgan fingerprint density at radius 2 is 1.83 bits per heavy atom. The van der Waals surface area contributed by atoms with Crippen molar-refractivity contribution in [1.29, 1.82) is 0 Å². The van der Waals surface area contributed by atoms with Crippen LogP contribution in [0.3, 0.4) is 0 Å². The number of benzene rings is 2. The van der Waals surface area contributed by atoms with Crippen molar-refractivity contribution in [3.05, 3.63) is 77.0 Å². The van der Waals surface area contributed by atoms with Gasteiger partial charge in [-0.2, -0.15) is 13.2 Å². The molecule has 0 aliphatic carbocycles. The predicted molar refractivity (Wildman–Crippen MR) is 132 cm³/mol. The Labute approximate surface area is 207 Å². The zero-order valence-electron chi connectivity index (χ0n) is 19.6. The standard InChI is InChI=1S/C27H29F3O4S/c1-2-3-9-24-21(16-25(34-24)20-10-12-22(13-11-20)27(28,29)30)7-5-14-33-23-8-4-6-19(15-23)17-35-18-26(31)32/h4,6,8,10-13,15-16H,2-3,5,7,9,14,17-18H2,1H3,(H,31,32). The van der Waals surface area contributed by atoms with Crippen LogP contribution < -0.4 is 4.74 Å². The topological polar surface area (TPSA) is 59.7 Å². The SMILES string of the molecule is CCCCc1oc(-c2ccc(C(F)(F)F)cc2)cc1CCCOc1cccc(CSCC(=O)O)c1. The summed E-state index contributed by atoms with van der Waals surface area (Å²) in [6.45, 7) is 2.60. The second kappa shape index (κ2) is 12.7. The number of carboxylic acids is 1. The van der Waals surface area contributed by atoms with E-state index in [-0.39, 0.29) is 5.75 Å². The van der Waals surface area contributed by atoms with Crippen LogP contribution in [0, 0.1) is 0 Å². The number of rotatable bonds is 13. The highest BCUT2D eigenvalue weighted by Crippen LogP contribution is 2.33. The van der Waals surface area contributed by atoms with Gasteiger partial charge >= 0.3 is 12.1 Å². The largest absolute Gasteiger partial charge is 0.494 e. The van der Waals surface area contributed by atoms with Crippen LogP contribution in [0.4, 0.5) is 13.2 Å². The van der Waals surface area contributed by atoms with Crippen molar-refractivity contribution in [3.63, 3.8) is 0 Å². The molecule has 4 nitrogen and oxygen atoms in total. The molecule has 0 saturated heterocycles. The van der Waals surface area contributed by atoms with Crippen molar-refractivity contribution in [2.24, 2.45) is 0 Å². The number of aliphatic carboxylic acids is 1. The third-order valence-corrected chi connectivity index (χ3v) is 6.39. The van der Waals surface area contributed by atoms with Gasteiger partial charge < -0.3 is 14.3 Å². The molecule has 0 aliphatic rings. The van der Waals surface area contributed by atoms with Gasteiger partial charge in [-0.3, -0.25) is 4.79 Å². The summed E-state index contributed by atoms with van der Waals surface area (Å²) in [7, 11) is 0. The van der Waals surface area contributed by atoms with Crippen LogP contribution in [-0.2, 0) is 29.6 Å². The van der Waals surface area contributed by atoms with Gasteiger partial charge in [0, 0.05) is 17.7 Å². The second-order valence-electron chi connectivity index (χ2n) is 8.22. The van der Waals surface area contributed by atoms with E-state index in [1.54, 1.807) is 0 Å². The lowest BCUT2D eigenvalue weighted by Gasteiger charge is -2.08. The predicted octanol–water partition coefficient (Wildman–Crippen LogP) is 7.64. The first-order chi connectivity index (χ1) is 16.8. The molecule has 0 atom stereocenters. The highest BCUT2D eigenvalue weighted by molar-refractivity contribution is 7.99. The van der Waals surface area contributed by atoms with Crippen LogP contribution in [0.25, 0.3) is 11.3 Å². The summed E-state index contributed by atoms with van der Waals surface area (Å²) in [6, 6.07) is 14.6. The van der Waals surface area contributed by atoms with E-state index < -0.39 is 17.7 Å². The summed E-state index contributed by atoms with van der Waals surface area (Å²) >= 11 is 1.34. The number of alkyl halides is 3. The van der Waals surface area contributed by atoms with E-state index in [0.29, 0.717) is 23.7 Å². The van der Waals surface area contributed by atoms with E-state index in [1.165, 1.54) is 23.9 Å². The van der Waals surface area contributed by atoms with Crippen LogP contribution in [-0.4, -0.2) is 23.4 Å². The minimum atomic E-state index is -4.37. The van der Waals surface area contributed by atoms with Gasteiger partial charge in [-0.25, -0.2) is 0 Å². The van der Waals surface area contributed by atoms with E-state index in [0.717, 1.165) is 66.9 Å². The maximum absolute atomic E-state index is 12.9. The van der Waals surface area contributed by atoms with Crippen LogP contribution in [0.1, 0.15) is 48.6 Å². The molecule has 35 heavy (non-hydrogen) atoms. The van der Waals surface area contributed by atoms with Crippen LogP contribution in [0.5, 0.6) is 5.75 Å². The fourth-order valence-electron chi connectivity index (χ4n) is 3.63. The molecular weight excluding hydrogens is 477 g/mol. The van der Waals surface area contributed by atoms with Gasteiger partial charge in [0.05, 0.1) is 17.9 Å². The second-order valence-corrected chi connectivity index (χ2v) is 9.21. The molecule has 0 spiro atoms. The van der Waals surface area contributed by atoms with E-state index in [1.807, 2.05) is 30.3 Å². The molecule has 1 heterocycles. The van der Waals surface area contributed by atoms with Gasteiger partial charge in [-0.15, -0.1) is 11.8 Å². The normalized spacial score (nSPS) is 11.5. The van der Waals surface area contributed by atoms with Gasteiger partial charge in [0.2, 0.25) is 0 Å². The average molecular weight is 507 g/mol. The molecule has 0 bridgehead atoms. The number of furan rings is 1. The number of ether oxygens (including phenoxy) is 1. The Hall–Kier alpha value is -2.87. The summed E-state index contributed by atoms with van der Waals surface area (Å²) < 4.78 is 50.6. The molecule has 0 fully saturated rings. The number of carboxylic acid groups (broad SMARTS) is 1. The fraction of sp³-hybridized carbons (Fsp3) is 0.370. The fourth-order valence-corrected chi connectivity index (χ4v) is 4.32. The van der Waals surface area contributed by atoms with Crippen molar-refractivity contribution >= 4 is 17.7 Å². The van der Waals surface area contributed by atoms with Crippen molar-refractivity contribution in [3.8, 4) is 17.1 Å². The summed E-state index contributed by atoms with van der Waals surface area (Å²) in [5, 5.41) is 8.76. The number of carbonyl (C=O) groups is 1. The Bertz CT molecular complexity index is 1090. The van der Waals surface area contributed by atoms with Crippen LogP contribution in [0.2, 0.25) is 0 Å². The Kier molecular flexibility index (Phi) is 9.72. The summed E-state index contributed by atoms with van der Waals surface area (Å²) in [4.78, 5) is 10.7. The molecular formula is C27H29F3O4S. The molecule has 0 amide bonds. The first-order valence-corrected chi connectivity index (χ1v) is 12.7. The lowest BCUT2D eigenvalue weighted by molar-refractivity contribution is -0.137. The lowest BCUT2D eigenvalue weighted by atomic mass is 10.1. The molecule has 0 saturated carbocycles. The first-order valence-electron chi connectivity index (χ1n) is 11.6. The van der Waals surface area contributed by atoms with Gasteiger partial charge in [-0.05, 0) is 60.7 Å². The van der Waals surface area contributed by atoms with Crippen molar-refractivity contribution < 1.29 is 32.2 Å². The molecule has 3 aromatic rings. The number of hydrogen-bond donors (Lipinski definition) is 1. The molecule has 0 aliphatic heterocycles. The quantitative estimate of drug-likeness (QED) is 0.242. The van der Waals surface area contributed by atoms with Crippen molar-refractivity contribution in [2.75, 3.05) is 12.4 Å². The van der Waals surface area contributed by atoms with Crippen molar-refractivity contribution in [2.45, 2.75) is 51.0 Å². The first kappa shape index (κ1) is 26.7. The molecule has 0 unspecified atom stereocenters.